The number of hydrogen-bond donors (Lipinski definition) is 1. The van der Waals surface area contributed by atoms with Crippen LogP contribution in [0.15, 0.2) is 41.3 Å². The monoisotopic (exact) mass is 574 g/mol. The van der Waals surface area contributed by atoms with Crippen LogP contribution in [0.2, 0.25) is 0 Å². The van der Waals surface area contributed by atoms with Crippen LogP contribution in [0.3, 0.4) is 0 Å². The molecule has 4 aliphatic rings. The Labute approximate surface area is 240 Å². The van der Waals surface area contributed by atoms with Crippen molar-refractivity contribution in [2.24, 2.45) is 5.92 Å². The summed E-state index contributed by atoms with van der Waals surface area (Å²) in [6, 6.07) is 8.35. The van der Waals surface area contributed by atoms with Crippen molar-refractivity contribution in [3.05, 3.63) is 63.7 Å². The van der Waals surface area contributed by atoms with Gasteiger partial charge in [-0.1, -0.05) is 12.1 Å². The van der Waals surface area contributed by atoms with E-state index in [1.54, 1.807) is 27.7 Å². The minimum Gasteiger partial charge on any atom is -0.492 e. The van der Waals surface area contributed by atoms with Crippen molar-refractivity contribution in [1.29, 1.82) is 0 Å². The van der Waals surface area contributed by atoms with Crippen molar-refractivity contribution in [3.8, 4) is 5.75 Å². The van der Waals surface area contributed by atoms with Gasteiger partial charge in [-0.15, -0.1) is 0 Å². The lowest BCUT2D eigenvalue weighted by atomic mass is 9.92. The Morgan fingerprint density at radius 2 is 1.88 bits per heavy atom. The number of anilines is 2. The number of carbonyl (C=O) groups is 3. The molecule has 218 valence electrons. The minimum atomic E-state index is -1.34. The number of aromatic carboxylic acids is 1. The summed E-state index contributed by atoms with van der Waals surface area (Å²) < 4.78 is 23.5. The van der Waals surface area contributed by atoms with Crippen LogP contribution >= 0.6 is 0 Å². The van der Waals surface area contributed by atoms with Crippen LogP contribution in [-0.4, -0.2) is 78.1 Å². The van der Waals surface area contributed by atoms with E-state index < -0.39 is 28.9 Å². The van der Waals surface area contributed by atoms with E-state index in [9.17, 15) is 24.3 Å². The Morgan fingerprint density at radius 1 is 1.10 bits per heavy atom. The highest BCUT2D eigenvalue weighted by Gasteiger charge is 2.42. The van der Waals surface area contributed by atoms with Crippen molar-refractivity contribution in [2.45, 2.75) is 37.8 Å². The predicted octanol–water partition coefficient (Wildman–Crippen LogP) is 3.31. The van der Waals surface area contributed by atoms with E-state index in [4.69, 9.17) is 4.74 Å². The number of benzene rings is 2. The van der Waals surface area contributed by atoms with Gasteiger partial charge in [-0.3, -0.25) is 19.3 Å². The van der Waals surface area contributed by atoms with Crippen LogP contribution in [0, 0.1) is 11.7 Å². The number of pyridine rings is 1. The van der Waals surface area contributed by atoms with Gasteiger partial charge in [0, 0.05) is 44.5 Å². The number of Topliss-reactive ketones (excluding diaryl/α,β-unsaturated/α-hetero) is 1. The predicted molar refractivity (Wildman–Crippen MR) is 153 cm³/mol. The molecule has 2 atom stereocenters. The van der Waals surface area contributed by atoms with Crippen LogP contribution in [-0.2, 0) is 4.79 Å². The molecule has 1 aromatic heterocycles. The molecule has 42 heavy (non-hydrogen) atoms. The first-order chi connectivity index (χ1) is 20.3. The summed E-state index contributed by atoms with van der Waals surface area (Å²) in [5.41, 5.74) is 0.678. The number of methoxy groups -OCH3 is 1. The average molecular weight is 575 g/mol. The fraction of sp³-hybridized carbons (Fsp3) is 0.419. The second-order valence-corrected chi connectivity index (χ2v) is 11.7. The lowest BCUT2D eigenvalue weighted by Crippen LogP contribution is -2.48. The van der Waals surface area contributed by atoms with E-state index >= 15 is 4.39 Å². The number of amides is 1. The van der Waals surface area contributed by atoms with E-state index in [1.165, 1.54) is 13.3 Å². The van der Waals surface area contributed by atoms with Crippen LogP contribution in [0.4, 0.5) is 15.8 Å². The molecular weight excluding hydrogens is 543 g/mol. The summed E-state index contributed by atoms with van der Waals surface area (Å²) in [7, 11) is 1.45. The minimum absolute atomic E-state index is 0.00301. The van der Waals surface area contributed by atoms with Gasteiger partial charge in [0.1, 0.15) is 11.3 Å². The Kier molecular flexibility index (Phi) is 6.30. The van der Waals surface area contributed by atoms with E-state index in [0.29, 0.717) is 42.9 Å². The quantitative estimate of drug-likeness (QED) is 0.428. The molecule has 3 aromatic rings. The Morgan fingerprint density at radius 3 is 2.62 bits per heavy atom. The van der Waals surface area contributed by atoms with Crippen molar-refractivity contribution >= 4 is 39.9 Å². The number of nitrogens with zero attached hydrogens (tertiary/aromatic N) is 4. The summed E-state index contributed by atoms with van der Waals surface area (Å²) in [5.74, 6) is -2.44. The maximum absolute atomic E-state index is 15.9. The first-order valence-corrected chi connectivity index (χ1v) is 14.4. The van der Waals surface area contributed by atoms with Gasteiger partial charge in [0.05, 0.1) is 29.3 Å². The number of fused-ring (bicyclic) bond motifs is 3. The zero-order valence-corrected chi connectivity index (χ0v) is 23.2. The van der Waals surface area contributed by atoms with Gasteiger partial charge in [0.25, 0.3) is 11.7 Å². The number of carboxylic acid groups (broad SMARTS) is 1. The number of rotatable bonds is 7. The highest BCUT2D eigenvalue weighted by atomic mass is 19.1. The van der Waals surface area contributed by atoms with Crippen molar-refractivity contribution in [1.82, 2.24) is 9.47 Å². The molecule has 10 nitrogen and oxygen atoms in total. The van der Waals surface area contributed by atoms with Crippen molar-refractivity contribution < 1.29 is 28.6 Å². The van der Waals surface area contributed by atoms with Crippen LogP contribution in [0.1, 0.15) is 52.4 Å². The molecule has 2 aromatic carbocycles. The highest BCUT2D eigenvalue weighted by molar-refractivity contribution is 6.52. The molecule has 0 radical (unpaired) electrons. The molecule has 1 aliphatic carbocycles. The first-order valence-electron chi connectivity index (χ1n) is 14.4. The van der Waals surface area contributed by atoms with E-state index in [1.807, 2.05) is 11.0 Å². The molecule has 1 saturated carbocycles. The number of piperidine rings is 1. The summed E-state index contributed by atoms with van der Waals surface area (Å²) >= 11 is 0. The lowest BCUT2D eigenvalue weighted by Gasteiger charge is -2.37. The Bertz CT molecular complexity index is 1720. The molecular formula is C31H31FN4O6. The fourth-order valence-corrected chi connectivity index (χ4v) is 7.16. The number of halogens is 1. The Hall–Kier alpha value is -4.25. The smallest absolute Gasteiger partial charge is 0.341 e. The van der Waals surface area contributed by atoms with E-state index in [0.717, 1.165) is 38.3 Å². The van der Waals surface area contributed by atoms with Gasteiger partial charge in [-0.05, 0) is 56.3 Å². The van der Waals surface area contributed by atoms with Gasteiger partial charge in [0.15, 0.2) is 11.6 Å². The molecule has 3 fully saturated rings. The number of carboxylic acids is 1. The fourth-order valence-electron chi connectivity index (χ4n) is 7.16. The zero-order valence-electron chi connectivity index (χ0n) is 23.2. The lowest BCUT2D eigenvalue weighted by molar-refractivity contribution is -0.114. The largest absolute Gasteiger partial charge is 0.492 e. The number of para-hydroxylation sites is 1. The number of aromatic nitrogens is 1. The second-order valence-electron chi connectivity index (χ2n) is 11.7. The maximum atomic E-state index is 15.9. The van der Waals surface area contributed by atoms with E-state index in [-0.39, 0.29) is 40.4 Å². The maximum Gasteiger partial charge on any atom is 0.341 e. The molecule has 4 heterocycles. The van der Waals surface area contributed by atoms with Gasteiger partial charge in [0.2, 0.25) is 5.43 Å². The molecule has 3 aliphatic heterocycles. The van der Waals surface area contributed by atoms with Gasteiger partial charge in [-0.25, -0.2) is 9.18 Å². The summed E-state index contributed by atoms with van der Waals surface area (Å²) in [6.07, 6.45) is 4.99. The van der Waals surface area contributed by atoms with Crippen molar-refractivity contribution in [3.63, 3.8) is 0 Å². The van der Waals surface area contributed by atoms with Gasteiger partial charge in [-0.2, -0.15) is 0 Å². The number of hydrogen-bond acceptors (Lipinski definition) is 7. The number of likely N-dealkylation sites (tertiary alicyclic amines) is 1. The SMILES string of the molecule is COc1c(N2C[C@@H]3CCCN(CCN4C(=O)C(=O)c5ccccc54)[C@@H]3C2)c(F)cc2c(=O)c(C(=O)O)cn(C3CC3)c12. The third kappa shape index (κ3) is 4.09. The molecule has 1 amide bonds. The third-order valence-corrected chi connectivity index (χ3v) is 9.27. The van der Waals surface area contributed by atoms with Crippen molar-refractivity contribution in [2.75, 3.05) is 49.6 Å². The third-order valence-electron chi connectivity index (χ3n) is 9.27. The molecule has 1 N–H and O–H groups in total. The number of ether oxygens (including phenoxy) is 1. The average Bonchev–Trinajstić information content (AvgIpc) is 3.69. The zero-order chi connectivity index (χ0) is 29.3. The standard InChI is InChI=1S/C31H31FN4O6/c1-42-29-25-20(27(37)21(31(40)41)15-36(25)18-8-9-18)13-22(32)26(29)34-14-17-5-4-10-33(24(17)16-34)11-12-35-23-7-3-2-6-19(23)28(38)30(35)39/h2-3,6-7,13,15,17-18,24H,4-5,8-12,14,16H2,1H3,(H,40,41)/t17-,24+/m0/s1. The molecule has 0 spiro atoms. The molecule has 0 bridgehead atoms. The van der Waals surface area contributed by atoms with Crippen LogP contribution < -0.4 is 20.0 Å². The highest BCUT2D eigenvalue weighted by Crippen LogP contribution is 2.45. The van der Waals surface area contributed by atoms with Gasteiger partial charge >= 0.3 is 5.97 Å². The van der Waals surface area contributed by atoms with Gasteiger partial charge < -0.3 is 24.2 Å². The molecule has 0 unspecified atom stereocenters. The first kappa shape index (κ1) is 26.6. The normalized spacial score (nSPS) is 22.1. The summed E-state index contributed by atoms with van der Waals surface area (Å²) in [6.45, 7) is 2.94. The number of ketones is 1. The number of carbonyl (C=O) groups excluding carboxylic acids is 2. The summed E-state index contributed by atoms with van der Waals surface area (Å²) in [5, 5.41) is 9.62. The van der Waals surface area contributed by atoms with E-state index in [2.05, 4.69) is 4.90 Å². The van der Waals surface area contributed by atoms with Crippen LogP contribution in [0.25, 0.3) is 10.9 Å². The molecule has 11 heteroatoms. The topological polar surface area (TPSA) is 112 Å². The van der Waals surface area contributed by atoms with Crippen LogP contribution in [0.5, 0.6) is 5.75 Å². The second kappa shape index (κ2) is 9.94. The molecule has 7 rings (SSSR count). The summed E-state index contributed by atoms with van der Waals surface area (Å²) in [4.78, 5) is 55.9. The Balaban J connectivity index is 1.20. The molecule has 2 saturated heterocycles.